The zero-order valence-corrected chi connectivity index (χ0v) is 19.1. The van der Waals surface area contributed by atoms with Gasteiger partial charge in [0.2, 0.25) is 0 Å². The summed E-state index contributed by atoms with van der Waals surface area (Å²) in [4.78, 5) is 26.5. The molecule has 0 saturated carbocycles. The number of fused-ring (bicyclic) bond motifs is 1. The molecular weight excluding hydrogens is 435 g/mol. The van der Waals surface area contributed by atoms with Gasteiger partial charge in [0.1, 0.15) is 11.9 Å². The third kappa shape index (κ3) is 5.09. The van der Waals surface area contributed by atoms with Crippen molar-refractivity contribution in [2.24, 2.45) is 0 Å². The van der Waals surface area contributed by atoms with E-state index >= 15 is 0 Å². The Morgan fingerprint density at radius 2 is 1.88 bits per heavy atom. The molecule has 2 aromatic rings. The number of benzene rings is 2. The Morgan fingerprint density at radius 1 is 1.22 bits per heavy atom. The zero-order chi connectivity index (χ0) is 23.3. The summed E-state index contributed by atoms with van der Waals surface area (Å²) >= 11 is 1.52. The molecule has 0 bridgehead atoms. The van der Waals surface area contributed by atoms with Gasteiger partial charge in [-0.15, -0.1) is 0 Å². The lowest BCUT2D eigenvalue weighted by atomic mass is 9.87. The highest BCUT2D eigenvalue weighted by Gasteiger charge is 2.35. The van der Waals surface area contributed by atoms with Crippen LogP contribution in [0.4, 0.5) is 9.18 Å². The molecule has 0 aliphatic carbocycles. The van der Waals surface area contributed by atoms with Gasteiger partial charge >= 0.3 is 12.0 Å². The molecule has 2 amide bonds. The first-order chi connectivity index (χ1) is 15.4. The van der Waals surface area contributed by atoms with Gasteiger partial charge in [-0.1, -0.05) is 12.1 Å². The van der Waals surface area contributed by atoms with Crippen LogP contribution in [0.25, 0.3) is 0 Å². The average Bonchev–Trinajstić information content (AvgIpc) is 2.80. The largest absolute Gasteiger partial charge is 0.493 e. The molecule has 0 fully saturated rings. The third-order valence-electron chi connectivity index (χ3n) is 5.53. The molecule has 1 aliphatic rings. The van der Waals surface area contributed by atoms with Crippen molar-refractivity contribution in [1.29, 1.82) is 0 Å². The summed E-state index contributed by atoms with van der Waals surface area (Å²) in [6, 6.07) is 7.67. The smallest absolute Gasteiger partial charge is 0.326 e. The molecule has 0 saturated heterocycles. The molecule has 32 heavy (non-hydrogen) atoms. The molecule has 1 heterocycles. The van der Waals surface area contributed by atoms with E-state index in [0.717, 1.165) is 11.1 Å². The number of methoxy groups -OCH3 is 2. The van der Waals surface area contributed by atoms with Crippen molar-refractivity contribution in [2.45, 2.75) is 24.9 Å². The molecule has 0 spiro atoms. The van der Waals surface area contributed by atoms with E-state index in [9.17, 15) is 19.1 Å². The number of hydrogen-bond acceptors (Lipinski definition) is 5. The molecule has 9 heteroatoms. The molecular formula is C23H27FN2O5S. The van der Waals surface area contributed by atoms with Crippen LogP contribution in [0.3, 0.4) is 0 Å². The van der Waals surface area contributed by atoms with Crippen molar-refractivity contribution in [3.63, 3.8) is 0 Å². The van der Waals surface area contributed by atoms with Crippen molar-refractivity contribution in [3.05, 3.63) is 58.9 Å². The van der Waals surface area contributed by atoms with Crippen molar-refractivity contribution < 1.29 is 28.6 Å². The second kappa shape index (κ2) is 10.6. The number of nitrogens with zero attached hydrogens (tertiary/aromatic N) is 1. The van der Waals surface area contributed by atoms with Crippen LogP contribution < -0.4 is 14.8 Å². The van der Waals surface area contributed by atoms with Crippen molar-refractivity contribution in [1.82, 2.24) is 10.2 Å². The SMILES string of the molecule is COc1cc2c(cc1OC)C(c1ccc(F)cc1)N(C(=O)N[C@@H](CCSC)C(=O)O)CC2. The average molecular weight is 463 g/mol. The number of amides is 2. The molecule has 3 rings (SSSR count). The van der Waals surface area contributed by atoms with Crippen molar-refractivity contribution in [2.75, 3.05) is 32.8 Å². The Bertz CT molecular complexity index is 970. The standard InChI is InChI=1S/C23H27FN2O5S/c1-30-19-12-15-8-10-26(23(29)25-18(22(27)28)9-11-32-3)21(17(15)13-20(19)31-2)14-4-6-16(24)7-5-14/h4-7,12-13,18,21H,8-11H2,1-3H3,(H,25,29)(H,27,28)/t18-,21?/m0/s1. The molecule has 1 aliphatic heterocycles. The highest BCUT2D eigenvalue weighted by Crippen LogP contribution is 2.41. The number of carboxylic acid groups (broad SMARTS) is 1. The lowest BCUT2D eigenvalue weighted by Crippen LogP contribution is -2.51. The van der Waals surface area contributed by atoms with Crippen LogP contribution in [0.1, 0.15) is 29.2 Å². The summed E-state index contributed by atoms with van der Waals surface area (Å²) in [7, 11) is 3.10. The molecule has 1 unspecified atom stereocenters. The van der Waals surface area contributed by atoms with E-state index < -0.39 is 24.1 Å². The second-order valence-corrected chi connectivity index (χ2v) is 8.41. The number of nitrogens with one attached hydrogen (secondary N) is 1. The van der Waals surface area contributed by atoms with Crippen LogP contribution in [-0.4, -0.2) is 60.8 Å². The molecule has 7 nitrogen and oxygen atoms in total. The van der Waals surface area contributed by atoms with Crippen LogP contribution >= 0.6 is 11.8 Å². The van der Waals surface area contributed by atoms with Gasteiger partial charge in [-0.25, -0.2) is 14.0 Å². The minimum Gasteiger partial charge on any atom is -0.493 e. The molecule has 2 atom stereocenters. The van der Waals surface area contributed by atoms with Gasteiger partial charge in [-0.2, -0.15) is 11.8 Å². The van der Waals surface area contributed by atoms with Crippen LogP contribution in [0, 0.1) is 5.82 Å². The summed E-state index contributed by atoms with van der Waals surface area (Å²) in [5, 5.41) is 12.2. The number of urea groups is 1. The van der Waals surface area contributed by atoms with Gasteiger partial charge < -0.3 is 24.8 Å². The number of carbonyl (C=O) groups is 2. The number of hydrogen-bond donors (Lipinski definition) is 2. The lowest BCUT2D eigenvalue weighted by molar-refractivity contribution is -0.139. The Labute approximate surface area is 190 Å². The number of aliphatic carboxylic acids is 1. The van der Waals surface area contributed by atoms with Crippen LogP contribution in [0.5, 0.6) is 11.5 Å². The first-order valence-corrected chi connectivity index (χ1v) is 11.6. The number of halogens is 1. The predicted molar refractivity (Wildman–Crippen MR) is 121 cm³/mol. The number of thioether (sulfide) groups is 1. The maximum atomic E-state index is 13.6. The first-order valence-electron chi connectivity index (χ1n) is 10.2. The van der Waals surface area contributed by atoms with Gasteiger partial charge in [-0.3, -0.25) is 0 Å². The van der Waals surface area contributed by atoms with E-state index in [-0.39, 0.29) is 5.82 Å². The number of ether oxygens (including phenoxy) is 2. The van der Waals surface area contributed by atoms with Crippen molar-refractivity contribution >= 4 is 23.8 Å². The predicted octanol–water partition coefficient (Wildman–Crippen LogP) is 3.71. The Morgan fingerprint density at radius 3 is 2.47 bits per heavy atom. The molecule has 0 radical (unpaired) electrons. The van der Waals surface area contributed by atoms with Crippen molar-refractivity contribution in [3.8, 4) is 11.5 Å². The second-order valence-electron chi connectivity index (χ2n) is 7.43. The topological polar surface area (TPSA) is 88.1 Å². The van der Waals surface area contributed by atoms with Gasteiger partial charge in [-0.05, 0) is 65.8 Å². The van der Waals surface area contributed by atoms with E-state index in [1.807, 2.05) is 18.4 Å². The number of rotatable bonds is 8. The maximum Gasteiger partial charge on any atom is 0.326 e. The summed E-state index contributed by atoms with van der Waals surface area (Å²) < 4.78 is 24.5. The summed E-state index contributed by atoms with van der Waals surface area (Å²) in [6.45, 7) is 0.366. The summed E-state index contributed by atoms with van der Waals surface area (Å²) in [6.07, 6.45) is 2.76. The minimum atomic E-state index is -1.07. The summed E-state index contributed by atoms with van der Waals surface area (Å²) in [5.41, 5.74) is 2.52. The van der Waals surface area contributed by atoms with E-state index in [4.69, 9.17) is 9.47 Å². The van der Waals surface area contributed by atoms with E-state index in [1.165, 1.54) is 31.0 Å². The fraction of sp³-hybridized carbons (Fsp3) is 0.391. The Balaban J connectivity index is 2.01. The number of carbonyl (C=O) groups excluding carboxylic acids is 1. The monoisotopic (exact) mass is 462 g/mol. The fourth-order valence-electron chi connectivity index (χ4n) is 3.89. The van der Waals surface area contributed by atoms with Gasteiger partial charge in [0.05, 0.1) is 20.3 Å². The van der Waals surface area contributed by atoms with Crippen LogP contribution in [0.2, 0.25) is 0 Å². The number of carboxylic acids is 1. The summed E-state index contributed by atoms with van der Waals surface area (Å²) in [5.74, 6) is 0.262. The molecule has 0 aromatic heterocycles. The first kappa shape index (κ1) is 23.7. The third-order valence-corrected chi connectivity index (χ3v) is 6.17. The molecule has 2 aromatic carbocycles. The molecule has 172 valence electrons. The Hall–Kier alpha value is -2.94. The molecule has 2 N–H and O–H groups in total. The van der Waals surface area contributed by atoms with Crippen LogP contribution in [-0.2, 0) is 11.2 Å². The quantitative estimate of drug-likeness (QED) is 0.622. The highest BCUT2D eigenvalue weighted by atomic mass is 32.2. The van der Waals surface area contributed by atoms with Gasteiger partial charge in [0.25, 0.3) is 0 Å². The van der Waals surface area contributed by atoms with E-state index in [2.05, 4.69) is 5.32 Å². The van der Waals surface area contributed by atoms with Gasteiger partial charge in [0, 0.05) is 6.54 Å². The normalized spacial score (nSPS) is 16.1. The zero-order valence-electron chi connectivity index (χ0n) is 18.3. The minimum absolute atomic E-state index is 0.318. The lowest BCUT2D eigenvalue weighted by Gasteiger charge is -2.38. The van der Waals surface area contributed by atoms with Gasteiger partial charge in [0.15, 0.2) is 11.5 Å². The van der Waals surface area contributed by atoms with E-state index in [1.54, 1.807) is 24.1 Å². The fourth-order valence-corrected chi connectivity index (χ4v) is 4.37. The van der Waals surface area contributed by atoms with Crippen LogP contribution in [0.15, 0.2) is 36.4 Å². The Kier molecular flexibility index (Phi) is 7.84. The highest BCUT2D eigenvalue weighted by molar-refractivity contribution is 7.98. The maximum absolute atomic E-state index is 13.6. The van der Waals surface area contributed by atoms with E-state index in [0.29, 0.717) is 42.2 Å².